The molecule has 28 heavy (non-hydrogen) atoms. The van der Waals surface area contributed by atoms with E-state index in [-0.39, 0.29) is 5.91 Å². The van der Waals surface area contributed by atoms with E-state index in [4.69, 9.17) is 0 Å². The fourth-order valence-electron chi connectivity index (χ4n) is 2.82. The normalized spacial score (nSPS) is 11.0. The van der Waals surface area contributed by atoms with E-state index in [1.54, 1.807) is 22.0 Å². The van der Waals surface area contributed by atoms with E-state index >= 15 is 0 Å². The molecule has 0 saturated heterocycles. The van der Waals surface area contributed by atoms with Crippen LogP contribution in [0.5, 0.6) is 0 Å². The summed E-state index contributed by atoms with van der Waals surface area (Å²) in [6, 6.07) is 13.7. The van der Waals surface area contributed by atoms with Crippen LogP contribution < -0.4 is 5.32 Å². The fourth-order valence-corrected chi connectivity index (χ4v) is 4.27. The number of hydrogen-bond donors (Lipinski definition) is 1. The van der Waals surface area contributed by atoms with Gasteiger partial charge in [-0.15, -0.1) is 10.2 Å². The number of carbonyl (C=O) groups is 1. The van der Waals surface area contributed by atoms with Gasteiger partial charge in [0, 0.05) is 22.7 Å². The van der Waals surface area contributed by atoms with Gasteiger partial charge in [-0.25, -0.2) is 9.50 Å². The van der Waals surface area contributed by atoms with Crippen LogP contribution in [0, 0.1) is 0 Å². The van der Waals surface area contributed by atoms with Gasteiger partial charge < -0.3 is 0 Å². The zero-order valence-electron chi connectivity index (χ0n) is 14.3. The molecule has 0 bridgehead atoms. The van der Waals surface area contributed by atoms with E-state index in [1.807, 2.05) is 53.2 Å². The summed E-state index contributed by atoms with van der Waals surface area (Å²) >= 11 is 2.92. The minimum Gasteiger partial charge on any atom is -0.296 e. The van der Waals surface area contributed by atoms with E-state index in [9.17, 15) is 4.79 Å². The lowest BCUT2D eigenvalue weighted by atomic mass is 10.1. The maximum absolute atomic E-state index is 12.8. The third kappa shape index (κ3) is 2.96. The highest BCUT2D eigenvalue weighted by Gasteiger charge is 2.18. The molecule has 4 heterocycles. The second-order valence-electron chi connectivity index (χ2n) is 5.87. The van der Waals surface area contributed by atoms with Gasteiger partial charge in [-0.3, -0.25) is 10.1 Å². The monoisotopic (exact) mass is 404 g/mol. The maximum Gasteiger partial charge on any atom is 0.262 e. The van der Waals surface area contributed by atoms with Crippen molar-refractivity contribution in [3.05, 3.63) is 71.2 Å². The maximum atomic E-state index is 12.8. The molecule has 0 fully saturated rings. The molecule has 0 aliphatic carbocycles. The average molecular weight is 404 g/mol. The van der Waals surface area contributed by atoms with Gasteiger partial charge in [-0.2, -0.15) is 16.4 Å². The van der Waals surface area contributed by atoms with Crippen LogP contribution in [0.2, 0.25) is 0 Å². The first-order valence-electron chi connectivity index (χ1n) is 8.35. The third-order valence-electron chi connectivity index (χ3n) is 4.13. The molecule has 5 aromatic rings. The summed E-state index contributed by atoms with van der Waals surface area (Å²) in [5.41, 5.74) is 3.72. The zero-order valence-corrected chi connectivity index (χ0v) is 15.9. The molecule has 0 saturated carbocycles. The molecule has 7 nitrogen and oxygen atoms in total. The Bertz CT molecular complexity index is 1260. The van der Waals surface area contributed by atoms with E-state index < -0.39 is 0 Å². The van der Waals surface area contributed by atoms with Crippen LogP contribution in [0.25, 0.3) is 27.5 Å². The number of anilines is 1. The number of amides is 1. The van der Waals surface area contributed by atoms with E-state index in [0.717, 1.165) is 21.8 Å². The molecule has 0 atom stereocenters. The minimum absolute atomic E-state index is 0.319. The molecule has 0 radical (unpaired) electrons. The number of aromatic nitrogens is 5. The van der Waals surface area contributed by atoms with Crippen LogP contribution in [-0.4, -0.2) is 30.7 Å². The van der Waals surface area contributed by atoms with Crippen LogP contribution in [0.4, 0.5) is 5.13 Å². The Hall–Kier alpha value is -3.43. The molecule has 5 rings (SSSR count). The van der Waals surface area contributed by atoms with Crippen molar-refractivity contribution in [1.29, 1.82) is 0 Å². The van der Waals surface area contributed by atoms with Crippen LogP contribution in [0.15, 0.2) is 65.6 Å². The van der Waals surface area contributed by atoms with Gasteiger partial charge in [-0.05, 0) is 17.5 Å². The Morgan fingerprint density at radius 2 is 1.93 bits per heavy atom. The van der Waals surface area contributed by atoms with E-state index in [0.29, 0.717) is 16.3 Å². The van der Waals surface area contributed by atoms with Crippen LogP contribution in [-0.2, 0) is 0 Å². The number of thiophene rings is 1. The average Bonchev–Trinajstić information content (AvgIpc) is 3.48. The summed E-state index contributed by atoms with van der Waals surface area (Å²) in [7, 11) is 0. The van der Waals surface area contributed by atoms with Crippen molar-refractivity contribution in [2.45, 2.75) is 0 Å². The van der Waals surface area contributed by atoms with Gasteiger partial charge >= 0.3 is 0 Å². The SMILES string of the molecule is O=C(Nc1nnc(-c2ccsc2)s1)c1cnn2c(-c3ccccc3)ccnc12. The van der Waals surface area contributed by atoms with Crippen LogP contribution >= 0.6 is 22.7 Å². The van der Waals surface area contributed by atoms with Crippen molar-refractivity contribution >= 4 is 39.4 Å². The van der Waals surface area contributed by atoms with E-state index in [2.05, 4.69) is 25.6 Å². The number of nitrogens with zero attached hydrogens (tertiary/aromatic N) is 5. The van der Waals surface area contributed by atoms with E-state index in [1.165, 1.54) is 17.5 Å². The van der Waals surface area contributed by atoms with Gasteiger partial charge in [-0.1, -0.05) is 41.7 Å². The molecule has 4 aromatic heterocycles. The molecule has 0 aliphatic rings. The van der Waals surface area contributed by atoms with Crippen molar-refractivity contribution in [2.24, 2.45) is 0 Å². The summed E-state index contributed by atoms with van der Waals surface area (Å²) in [5.74, 6) is -0.319. The third-order valence-corrected chi connectivity index (χ3v) is 5.70. The Morgan fingerprint density at radius 1 is 1.04 bits per heavy atom. The van der Waals surface area contributed by atoms with Crippen molar-refractivity contribution in [1.82, 2.24) is 24.8 Å². The number of rotatable bonds is 4. The molecule has 9 heteroatoms. The zero-order chi connectivity index (χ0) is 18.9. The second kappa shape index (κ2) is 6.95. The Balaban J connectivity index is 1.46. The van der Waals surface area contributed by atoms with Gasteiger partial charge in [0.2, 0.25) is 5.13 Å². The molecule has 136 valence electrons. The second-order valence-corrected chi connectivity index (χ2v) is 7.63. The fraction of sp³-hybridized carbons (Fsp3) is 0. The Kier molecular flexibility index (Phi) is 4.15. The topological polar surface area (TPSA) is 85.1 Å². The number of hydrogen-bond acceptors (Lipinski definition) is 7. The largest absolute Gasteiger partial charge is 0.296 e. The lowest BCUT2D eigenvalue weighted by Crippen LogP contribution is -2.12. The summed E-state index contributed by atoms with van der Waals surface area (Å²) < 4.78 is 1.67. The predicted molar refractivity (Wildman–Crippen MR) is 110 cm³/mol. The first-order valence-corrected chi connectivity index (χ1v) is 10.1. The first-order chi connectivity index (χ1) is 13.8. The predicted octanol–water partition coefficient (Wildman–Crippen LogP) is 4.23. The summed E-state index contributed by atoms with van der Waals surface area (Å²) in [4.78, 5) is 17.1. The highest BCUT2D eigenvalue weighted by molar-refractivity contribution is 7.19. The molecule has 1 amide bonds. The van der Waals surface area contributed by atoms with Crippen LogP contribution in [0.3, 0.4) is 0 Å². The highest BCUT2D eigenvalue weighted by Crippen LogP contribution is 2.28. The number of fused-ring (bicyclic) bond motifs is 1. The van der Waals surface area contributed by atoms with Crippen molar-refractivity contribution in [3.63, 3.8) is 0 Å². The number of benzene rings is 1. The van der Waals surface area contributed by atoms with Gasteiger partial charge in [0.05, 0.1) is 11.9 Å². The van der Waals surface area contributed by atoms with Gasteiger partial charge in [0.25, 0.3) is 5.91 Å². The lowest BCUT2D eigenvalue weighted by molar-refractivity contribution is 0.102. The molecule has 1 N–H and O–H groups in total. The molecule has 0 aliphatic heterocycles. The summed E-state index contributed by atoms with van der Waals surface area (Å²) in [5, 5.41) is 20.5. The summed E-state index contributed by atoms with van der Waals surface area (Å²) in [6.07, 6.45) is 3.20. The van der Waals surface area contributed by atoms with Crippen molar-refractivity contribution in [3.8, 4) is 21.8 Å². The van der Waals surface area contributed by atoms with Crippen molar-refractivity contribution in [2.75, 3.05) is 5.32 Å². The first kappa shape index (κ1) is 16.7. The van der Waals surface area contributed by atoms with Crippen molar-refractivity contribution < 1.29 is 4.79 Å². The quantitative estimate of drug-likeness (QED) is 0.485. The molecule has 0 spiro atoms. The smallest absolute Gasteiger partial charge is 0.262 e. The van der Waals surface area contributed by atoms with Gasteiger partial charge in [0.1, 0.15) is 10.6 Å². The minimum atomic E-state index is -0.319. The highest BCUT2D eigenvalue weighted by atomic mass is 32.1. The summed E-state index contributed by atoms with van der Waals surface area (Å²) in [6.45, 7) is 0. The molecule has 0 unspecified atom stereocenters. The van der Waals surface area contributed by atoms with Crippen LogP contribution in [0.1, 0.15) is 10.4 Å². The Morgan fingerprint density at radius 3 is 2.75 bits per heavy atom. The number of nitrogens with one attached hydrogen (secondary N) is 1. The molecular weight excluding hydrogens is 392 g/mol. The Labute approximate surface area is 167 Å². The molecular formula is C19H12N6OS2. The number of carbonyl (C=O) groups excluding carboxylic acids is 1. The standard InChI is InChI=1S/C19H12N6OS2/c26-17(22-19-24-23-18(28-19)13-7-9-27-11-13)14-10-21-25-15(6-8-20-16(14)25)12-4-2-1-3-5-12/h1-11H,(H,22,24,26). The lowest BCUT2D eigenvalue weighted by Gasteiger charge is -2.04. The van der Waals surface area contributed by atoms with Gasteiger partial charge in [0.15, 0.2) is 5.65 Å². The molecule has 1 aromatic carbocycles.